The first-order valence-corrected chi connectivity index (χ1v) is 12.5. The standard InChI is InChI=1S/C24H25F2N4O3S/c1-4-12-29(13-5-2)34(32,33)19-9-6-17(7-10-19)22-23(31)24-27-15-16(3)30(24,28-22)21-11-8-18(25)14-20(21)26/h6-11,14-15H,4-5,12-13H2,1-3H3/q+1. The molecule has 0 N–H and O–H groups in total. The summed E-state index contributed by atoms with van der Waals surface area (Å²) in [6.45, 7) is 6.32. The second-order valence-electron chi connectivity index (χ2n) is 8.16. The Labute approximate surface area is 197 Å². The van der Waals surface area contributed by atoms with E-state index in [0.717, 1.165) is 12.1 Å². The Balaban J connectivity index is 1.76. The molecule has 2 aromatic rings. The molecule has 1 atom stereocenters. The lowest BCUT2D eigenvalue weighted by atomic mass is 10.1. The maximum Gasteiger partial charge on any atom is 0.315 e. The molecule has 0 aliphatic carbocycles. The molecular formula is C24H25F2N4O3S+. The van der Waals surface area contributed by atoms with E-state index < -0.39 is 32.0 Å². The van der Waals surface area contributed by atoms with Crippen molar-refractivity contribution in [3.8, 4) is 0 Å². The summed E-state index contributed by atoms with van der Waals surface area (Å²) in [6.07, 6.45) is 2.82. The van der Waals surface area contributed by atoms with E-state index in [1.807, 2.05) is 13.8 Å². The molecule has 0 aromatic heterocycles. The van der Waals surface area contributed by atoms with Gasteiger partial charge in [-0.15, -0.1) is 0 Å². The number of quaternary nitrogens is 1. The first kappa shape index (κ1) is 24.1. The summed E-state index contributed by atoms with van der Waals surface area (Å²) in [5.41, 5.74) is 0.853. The van der Waals surface area contributed by atoms with E-state index in [2.05, 4.69) is 10.1 Å². The van der Waals surface area contributed by atoms with Gasteiger partial charge in [-0.3, -0.25) is 4.79 Å². The van der Waals surface area contributed by atoms with Gasteiger partial charge < -0.3 is 0 Å². The first-order valence-electron chi connectivity index (χ1n) is 11.0. The van der Waals surface area contributed by atoms with E-state index in [1.54, 1.807) is 6.92 Å². The minimum absolute atomic E-state index is 0.0215. The molecule has 4 rings (SSSR count). The van der Waals surface area contributed by atoms with Crippen LogP contribution < -0.4 is 4.59 Å². The molecular weight excluding hydrogens is 462 g/mol. The molecule has 178 valence electrons. The molecule has 1 unspecified atom stereocenters. The fourth-order valence-electron chi connectivity index (χ4n) is 4.20. The average Bonchev–Trinajstić information content (AvgIpc) is 3.28. The number of amidine groups is 1. The van der Waals surface area contributed by atoms with E-state index in [9.17, 15) is 22.0 Å². The van der Waals surface area contributed by atoms with Gasteiger partial charge in [-0.25, -0.2) is 17.2 Å². The summed E-state index contributed by atoms with van der Waals surface area (Å²) >= 11 is 0. The van der Waals surface area contributed by atoms with Gasteiger partial charge in [0.15, 0.2) is 17.2 Å². The third-order valence-electron chi connectivity index (χ3n) is 5.83. The van der Waals surface area contributed by atoms with Crippen molar-refractivity contribution >= 4 is 33.0 Å². The smallest absolute Gasteiger partial charge is 0.278 e. The number of hydrogen-bond donors (Lipinski definition) is 0. The summed E-state index contributed by atoms with van der Waals surface area (Å²) in [5, 5.41) is 4.54. The minimum Gasteiger partial charge on any atom is -0.278 e. The molecule has 0 bridgehead atoms. The highest BCUT2D eigenvalue weighted by atomic mass is 32.2. The molecule has 0 fully saturated rings. The maximum atomic E-state index is 14.8. The van der Waals surface area contributed by atoms with Crippen LogP contribution in [0.1, 0.15) is 39.2 Å². The summed E-state index contributed by atoms with van der Waals surface area (Å²) in [7, 11) is -3.68. The van der Waals surface area contributed by atoms with Crippen LogP contribution >= 0.6 is 0 Å². The van der Waals surface area contributed by atoms with E-state index >= 15 is 0 Å². The number of benzene rings is 2. The van der Waals surface area contributed by atoms with Crippen molar-refractivity contribution in [3.05, 3.63) is 71.6 Å². The molecule has 0 saturated carbocycles. The molecule has 10 heteroatoms. The van der Waals surface area contributed by atoms with Gasteiger partial charge in [0, 0.05) is 37.7 Å². The Kier molecular flexibility index (Phi) is 6.32. The van der Waals surface area contributed by atoms with Gasteiger partial charge in [0.05, 0.1) is 11.1 Å². The van der Waals surface area contributed by atoms with Crippen molar-refractivity contribution in [2.45, 2.75) is 38.5 Å². The number of halogens is 2. The average molecular weight is 488 g/mol. The third-order valence-corrected chi connectivity index (χ3v) is 7.74. The summed E-state index contributed by atoms with van der Waals surface area (Å²) in [4.78, 5) is 17.5. The number of nitrogens with zero attached hydrogens (tertiary/aromatic N) is 4. The van der Waals surface area contributed by atoms with Crippen molar-refractivity contribution < 1.29 is 22.0 Å². The Hall–Kier alpha value is -3.08. The van der Waals surface area contributed by atoms with Crippen molar-refractivity contribution in [1.82, 2.24) is 8.90 Å². The zero-order valence-electron chi connectivity index (χ0n) is 19.1. The van der Waals surface area contributed by atoms with Crippen LogP contribution in [0.5, 0.6) is 0 Å². The van der Waals surface area contributed by atoms with Gasteiger partial charge in [-0.05, 0) is 31.0 Å². The molecule has 2 aliphatic heterocycles. The van der Waals surface area contributed by atoms with Crippen molar-refractivity contribution in [2.75, 3.05) is 13.1 Å². The second kappa shape index (κ2) is 8.94. The molecule has 0 spiro atoms. The fraction of sp³-hybridized carbons (Fsp3) is 0.292. The lowest BCUT2D eigenvalue weighted by Gasteiger charge is -2.23. The highest BCUT2D eigenvalue weighted by Crippen LogP contribution is 2.40. The van der Waals surface area contributed by atoms with Crippen LogP contribution in [0.4, 0.5) is 14.5 Å². The first-order chi connectivity index (χ1) is 16.2. The molecule has 0 radical (unpaired) electrons. The Morgan fingerprint density at radius 1 is 1.00 bits per heavy atom. The number of sulfonamides is 1. The molecule has 2 heterocycles. The van der Waals surface area contributed by atoms with Crippen LogP contribution in [0.3, 0.4) is 0 Å². The SMILES string of the molecule is CCCN(CCC)S(=O)(=O)c1ccc(C2=N[N+]3(c4ccc(F)cc4F)C(C)=CN=C3C2=O)cc1. The molecule has 0 saturated heterocycles. The molecule has 0 amide bonds. The zero-order valence-corrected chi connectivity index (χ0v) is 19.9. The van der Waals surface area contributed by atoms with Crippen LogP contribution in [-0.2, 0) is 14.8 Å². The number of rotatable bonds is 8. The van der Waals surface area contributed by atoms with Gasteiger partial charge in [0.2, 0.25) is 15.7 Å². The van der Waals surface area contributed by atoms with Crippen LogP contribution in [-0.4, -0.2) is 43.1 Å². The van der Waals surface area contributed by atoms with Crippen molar-refractivity contribution in [2.24, 2.45) is 10.1 Å². The van der Waals surface area contributed by atoms with Crippen LogP contribution in [0.25, 0.3) is 0 Å². The van der Waals surface area contributed by atoms with E-state index in [1.165, 1.54) is 40.8 Å². The highest BCUT2D eigenvalue weighted by Gasteiger charge is 2.56. The summed E-state index contributed by atoms with van der Waals surface area (Å²) in [5.74, 6) is -2.13. The van der Waals surface area contributed by atoms with Crippen LogP contribution in [0.2, 0.25) is 0 Å². The van der Waals surface area contributed by atoms with Gasteiger partial charge in [0.25, 0.3) is 5.78 Å². The van der Waals surface area contributed by atoms with Gasteiger partial charge in [0.1, 0.15) is 5.82 Å². The number of aliphatic imine (C=N–C) groups is 1. The molecule has 2 aliphatic rings. The van der Waals surface area contributed by atoms with Crippen molar-refractivity contribution in [1.29, 1.82) is 0 Å². The van der Waals surface area contributed by atoms with Gasteiger partial charge in [-0.2, -0.15) is 9.30 Å². The number of hydrogen-bond acceptors (Lipinski definition) is 5. The van der Waals surface area contributed by atoms with Crippen molar-refractivity contribution in [3.63, 3.8) is 0 Å². The maximum absolute atomic E-state index is 14.8. The second-order valence-corrected chi connectivity index (χ2v) is 10.1. The van der Waals surface area contributed by atoms with Gasteiger partial charge in [-0.1, -0.05) is 35.7 Å². The lowest BCUT2D eigenvalue weighted by Crippen LogP contribution is -2.45. The number of carbonyl (C=O) groups is 1. The van der Waals surface area contributed by atoms with Crippen LogP contribution in [0.15, 0.2) is 69.4 Å². The Bertz CT molecular complexity index is 1340. The largest absolute Gasteiger partial charge is 0.315 e. The predicted molar refractivity (Wildman–Crippen MR) is 127 cm³/mol. The quantitative estimate of drug-likeness (QED) is 0.520. The zero-order chi connectivity index (χ0) is 24.7. The van der Waals surface area contributed by atoms with Crippen LogP contribution in [0, 0.1) is 11.6 Å². The lowest BCUT2D eigenvalue weighted by molar-refractivity contribution is -0.107. The predicted octanol–water partition coefficient (Wildman–Crippen LogP) is 4.34. The van der Waals surface area contributed by atoms with E-state index in [0.29, 0.717) is 37.2 Å². The number of Topliss-reactive ketones (excluding diaryl/α,β-unsaturated/α-hetero) is 1. The Morgan fingerprint density at radius 2 is 1.65 bits per heavy atom. The monoisotopic (exact) mass is 487 g/mol. The van der Waals surface area contributed by atoms with E-state index in [-0.39, 0.29) is 22.1 Å². The molecule has 7 nitrogen and oxygen atoms in total. The van der Waals surface area contributed by atoms with E-state index in [4.69, 9.17) is 0 Å². The highest BCUT2D eigenvalue weighted by molar-refractivity contribution is 7.89. The number of ketones is 1. The summed E-state index contributed by atoms with van der Waals surface area (Å²) < 4.78 is 55.2. The third kappa shape index (κ3) is 3.71. The summed E-state index contributed by atoms with van der Waals surface area (Å²) in [6, 6.07) is 8.99. The fourth-order valence-corrected chi connectivity index (χ4v) is 5.82. The topological polar surface area (TPSA) is 79.2 Å². The normalized spacial score (nSPS) is 19.8. The number of carbonyl (C=O) groups excluding carboxylic acids is 1. The van der Waals surface area contributed by atoms with Gasteiger partial charge >= 0.3 is 5.84 Å². The number of allylic oxidation sites excluding steroid dienone is 1. The molecule has 2 aromatic carbocycles. The minimum atomic E-state index is -3.68. The number of fused-ring (bicyclic) bond motifs is 1. The molecule has 34 heavy (non-hydrogen) atoms. The Morgan fingerprint density at radius 3 is 2.24 bits per heavy atom.